The first-order chi connectivity index (χ1) is 9.60. The number of rotatable bonds is 3. The van der Waals surface area contributed by atoms with E-state index in [-0.39, 0.29) is 5.82 Å². The molecule has 0 bridgehead atoms. The maximum Gasteiger partial charge on any atom is 0.125 e. The van der Waals surface area contributed by atoms with Gasteiger partial charge in [0.05, 0.1) is 28.5 Å². The van der Waals surface area contributed by atoms with Gasteiger partial charge in [-0.15, -0.1) is 0 Å². The van der Waals surface area contributed by atoms with Crippen LogP contribution in [0.4, 0.5) is 4.39 Å². The van der Waals surface area contributed by atoms with Crippen LogP contribution in [0.5, 0.6) is 0 Å². The van der Waals surface area contributed by atoms with Crippen LogP contribution in [0.1, 0.15) is 18.3 Å². The van der Waals surface area contributed by atoms with E-state index in [4.69, 9.17) is 11.6 Å². The normalized spacial score (nSPS) is 11.4. The SMILES string of the molecule is CCn1nc(C)c(Cl)c1Cn1ccc2ccc(F)cc21. The Labute approximate surface area is 121 Å². The highest BCUT2D eigenvalue weighted by Gasteiger charge is 2.14. The summed E-state index contributed by atoms with van der Waals surface area (Å²) < 4.78 is 17.3. The van der Waals surface area contributed by atoms with Crippen LogP contribution in [0.15, 0.2) is 30.5 Å². The number of aryl methyl sites for hydroxylation is 2. The molecular weight excluding hydrogens is 277 g/mol. The molecule has 0 unspecified atom stereocenters. The van der Waals surface area contributed by atoms with Crippen LogP contribution in [-0.4, -0.2) is 14.3 Å². The van der Waals surface area contributed by atoms with E-state index < -0.39 is 0 Å². The molecule has 20 heavy (non-hydrogen) atoms. The van der Waals surface area contributed by atoms with Gasteiger partial charge < -0.3 is 4.57 Å². The lowest BCUT2D eigenvalue weighted by molar-refractivity contribution is 0.600. The molecule has 3 rings (SSSR count). The van der Waals surface area contributed by atoms with Crippen molar-refractivity contribution < 1.29 is 4.39 Å². The molecule has 0 spiro atoms. The lowest BCUT2D eigenvalue weighted by Crippen LogP contribution is -2.07. The molecular formula is C15H15ClFN3. The van der Waals surface area contributed by atoms with Crippen molar-refractivity contribution in [1.29, 1.82) is 0 Å². The standard InChI is InChI=1S/C15H15ClFN3/c1-3-20-14(15(16)10(2)18-20)9-19-7-6-11-4-5-12(17)8-13(11)19/h4-8H,3,9H2,1-2H3. The molecule has 0 amide bonds. The minimum absolute atomic E-state index is 0.233. The van der Waals surface area contributed by atoms with Gasteiger partial charge >= 0.3 is 0 Å². The predicted octanol–water partition coefficient (Wildman–Crippen LogP) is 4.01. The van der Waals surface area contributed by atoms with Crippen LogP contribution < -0.4 is 0 Å². The molecule has 0 N–H and O–H groups in total. The largest absolute Gasteiger partial charge is 0.341 e. The van der Waals surface area contributed by atoms with Crippen molar-refractivity contribution in [1.82, 2.24) is 14.3 Å². The Balaban J connectivity index is 2.07. The molecule has 3 nitrogen and oxygen atoms in total. The third-order valence-corrected chi connectivity index (χ3v) is 4.00. The average molecular weight is 292 g/mol. The predicted molar refractivity (Wildman–Crippen MR) is 78.6 cm³/mol. The fourth-order valence-corrected chi connectivity index (χ4v) is 2.67. The maximum absolute atomic E-state index is 13.4. The van der Waals surface area contributed by atoms with Gasteiger partial charge in [-0.3, -0.25) is 4.68 Å². The monoisotopic (exact) mass is 291 g/mol. The Hall–Kier alpha value is -1.81. The smallest absolute Gasteiger partial charge is 0.125 e. The summed E-state index contributed by atoms with van der Waals surface area (Å²) in [5, 5.41) is 6.10. The van der Waals surface area contributed by atoms with E-state index in [1.165, 1.54) is 6.07 Å². The molecule has 0 saturated carbocycles. The lowest BCUT2D eigenvalue weighted by Gasteiger charge is -2.08. The van der Waals surface area contributed by atoms with E-state index in [1.807, 2.05) is 35.4 Å². The summed E-state index contributed by atoms with van der Waals surface area (Å²) in [5.41, 5.74) is 2.64. The van der Waals surface area contributed by atoms with Crippen molar-refractivity contribution in [2.75, 3.05) is 0 Å². The Morgan fingerprint density at radius 2 is 2.10 bits per heavy atom. The molecule has 104 valence electrons. The van der Waals surface area contributed by atoms with Gasteiger partial charge in [-0.25, -0.2) is 4.39 Å². The summed E-state index contributed by atoms with van der Waals surface area (Å²) in [6.45, 7) is 5.27. The molecule has 2 aromatic heterocycles. The van der Waals surface area contributed by atoms with Crippen LogP contribution in [0.3, 0.4) is 0 Å². The van der Waals surface area contributed by atoms with Gasteiger partial charge in [0, 0.05) is 12.7 Å². The number of aromatic nitrogens is 3. The van der Waals surface area contributed by atoms with E-state index in [1.54, 1.807) is 12.1 Å². The summed E-state index contributed by atoms with van der Waals surface area (Å²) in [5.74, 6) is -0.233. The number of hydrogen-bond donors (Lipinski definition) is 0. The summed E-state index contributed by atoms with van der Waals surface area (Å²) >= 11 is 6.32. The maximum atomic E-state index is 13.4. The Morgan fingerprint density at radius 1 is 1.30 bits per heavy atom. The van der Waals surface area contributed by atoms with E-state index in [0.717, 1.165) is 28.8 Å². The quantitative estimate of drug-likeness (QED) is 0.715. The zero-order chi connectivity index (χ0) is 14.3. The van der Waals surface area contributed by atoms with Gasteiger partial charge in [0.2, 0.25) is 0 Å². The van der Waals surface area contributed by atoms with Gasteiger partial charge in [0.25, 0.3) is 0 Å². The third-order valence-electron chi connectivity index (χ3n) is 3.51. The number of nitrogens with zero attached hydrogens (tertiary/aromatic N) is 3. The van der Waals surface area contributed by atoms with Gasteiger partial charge in [-0.1, -0.05) is 11.6 Å². The van der Waals surface area contributed by atoms with E-state index in [2.05, 4.69) is 5.10 Å². The molecule has 3 aromatic rings. The Kier molecular flexibility index (Phi) is 3.26. The van der Waals surface area contributed by atoms with Gasteiger partial charge in [0.15, 0.2) is 0 Å². The average Bonchev–Trinajstić information content (AvgIpc) is 2.95. The van der Waals surface area contributed by atoms with Crippen LogP contribution in [0.2, 0.25) is 5.02 Å². The van der Waals surface area contributed by atoms with Crippen LogP contribution >= 0.6 is 11.6 Å². The number of halogens is 2. The number of fused-ring (bicyclic) bond motifs is 1. The Bertz CT molecular complexity index is 773. The van der Waals surface area contributed by atoms with Crippen LogP contribution in [0.25, 0.3) is 10.9 Å². The second kappa shape index (κ2) is 4.94. The first-order valence-corrected chi connectivity index (χ1v) is 6.94. The van der Waals surface area contributed by atoms with Crippen molar-refractivity contribution in [2.24, 2.45) is 0 Å². The molecule has 0 aliphatic rings. The molecule has 0 aliphatic carbocycles. The fraction of sp³-hybridized carbons (Fsp3) is 0.267. The second-order valence-corrected chi connectivity index (χ2v) is 5.19. The molecule has 2 heterocycles. The van der Waals surface area contributed by atoms with Gasteiger partial charge in [-0.05, 0) is 43.5 Å². The lowest BCUT2D eigenvalue weighted by atomic mass is 10.2. The fourth-order valence-electron chi connectivity index (χ4n) is 2.48. The topological polar surface area (TPSA) is 22.8 Å². The van der Waals surface area contributed by atoms with E-state index >= 15 is 0 Å². The van der Waals surface area contributed by atoms with E-state index in [9.17, 15) is 4.39 Å². The zero-order valence-corrected chi connectivity index (χ0v) is 12.2. The minimum atomic E-state index is -0.233. The number of hydrogen-bond acceptors (Lipinski definition) is 1. The summed E-state index contributed by atoms with van der Waals surface area (Å²) in [4.78, 5) is 0. The van der Waals surface area contributed by atoms with Crippen molar-refractivity contribution in [3.8, 4) is 0 Å². The number of benzene rings is 1. The highest BCUT2D eigenvalue weighted by Crippen LogP contribution is 2.24. The van der Waals surface area contributed by atoms with Crippen molar-refractivity contribution in [2.45, 2.75) is 26.9 Å². The minimum Gasteiger partial charge on any atom is -0.341 e. The van der Waals surface area contributed by atoms with Crippen LogP contribution in [0, 0.1) is 12.7 Å². The van der Waals surface area contributed by atoms with Crippen molar-refractivity contribution in [3.05, 3.63) is 52.7 Å². The molecule has 5 heteroatoms. The first kappa shape index (κ1) is 13.2. The summed E-state index contributed by atoms with van der Waals surface area (Å²) in [6.07, 6.45) is 1.95. The molecule has 1 aromatic carbocycles. The van der Waals surface area contributed by atoms with Crippen LogP contribution in [-0.2, 0) is 13.1 Å². The summed E-state index contributed by atoms with van der Waals surface area (Å²) in [7, 11) is 0. The third kappa shape index (κ3) is 2.10. The van der Waals surface area contributed by atoms with Crippen molar-refractivity contribution >= 4 is 22.5 Å². The Morgan fingerprint density at radius 3 is 2.85 bits per heavy atom. The van der Waals surface area contributed by atoms with Crippen molar-refractivity contribution in [3.63, 3.8) is 0 Å². The highest BCUT2D eigenvalue weighted by atomic mass is 35.5. The first-order valence-electron chi connectivity index (χ1n) is 6.56. The highest BCUT2D eigenvalue weighted by molar-refractivity contribution is 6.31. The molecule has 0 radical (unpaired) electrons. The van der Waals surface area contributed by atoms with Gasteiger partial charge in [-0.2, -0.15) is 5.10 Å². The zero-order valence-electron chi connectivity index (χ0n) is 11.4. The summed E-state index contributed by atoms with van der Waals surface area (Å²) in [6, 6.07) is 6.77. The van der Waals surface area contributed by atoms with Gasteiger partial charge in [0.1, 0.15) is 5.82 Å². The molecule has 0 fully saturated rings. The second-order valence-electron chi connectivity index (χ2n) is 4.81. The molecule has 0 saturated heterocycles. The molecule has 0 atom stereocenters. The molecule has 0 aliphatic heterocycles. The van der Waals surface area contributed by atoms with E-state index in [0.29, 0.717) is 11.6 Å².